The molecule has 2 aromatic carbocycles. The van der Waals surface area contributed by atoms with Gasteiger partial charge in [-0.05, 0) is 53.1 Å². The molecule has 0 saturated carbocycles. The number of nitrogens with zero attached hydrogens (tertiary/aromatic N) is 3. The Morgan fingerprint density at radius 1 is 0.947 bits per heavy atom. The molecule has 2 aromatic heterocycles. The predicted molar refractivity (Wildman–Crippen MR) is 130 cm³/mol. The van der Waals surface area contributed by atoms with Gasteiger partial charge in [0.2, 0.25) is 0 Å². The third kappa shape index (κ3) is 4.35. The topological polar surface area (TPSA) is 101 Å². The lowest BCUT2D eigenvalue weighted by molar-refractivity contribution is -0.141. The van der Waals surface area contributed by atoms with Gasteiger partial charge in [-0.2, -0.15) is 13.2 Å². The molecule has 0 spiro atoms. The lowest BCUT2D eigenvalue weighted by Crippen LogP contribution is -2.28. The van der Waals surface area contributed by atoms with Gasteiger partial charge in [0, 0.05) is 35.3 Å². The number of aliphatic imine (C=N–C) groups is 1. The number of benzene rings is 2. The number of aromatic nitrogens is 2. The summed E-state index contributed by atoms with van der Waals surface area (Å²) in [5.74, 6) is -2.08. The minimum Gasteiger partial charge on any atom is -0.383 e. The maximum atomic E-state index is 15.6. The first-order chi connectivity index (χ1) is 18.0. The Morgan fingerprint density at radius 2 is 1.74 bits per heavy atom. The molecule has 5 rings (SSSR count). The molecule has 0 saturated heterocycles. The highest BCUT2D eigenvalue weighted by Gasteiger charge is 2.47. The summed E-state index contributed by atoms with van der Waals surface area (Å²) in [7, 11) is 0. The van der Waals surface area contributed by atoms with Gasteiger partial charge in [-0.15, -0.1) is 0 Å². The largest absolute Gasteiger partial charge is 0.433 e. The lowest BCUT2D eigenvalue weighted by Gasteiger charge is -2.30. The van der Waals surface area contributed by atoms with E-state index in [1.165, 1.54) is 42.7 Å². The number of halogens is 5. The minimum atomic E-state index is -4.81. The maximum absolute atomic E-state index is 15.6. The monoisotopic (exact) mass is 544 g/mol. The Hall–Kier alpha value is -4.03. The predicted octanol–water partition coefficient (Wildman–Crippen LogP) is 5.17. The second-order valence-corrected chi connectivity index (χ2v) is 9.47. The number of fused-ring (bicyclic) bond motifs is 1. The molecule has 12 heteroatoms. The molecule has 38 heavy (non-hydrogen) atoms. The van der Waals surface area contributed by atoms with E-state index >= 15 is 4.39 Å². The fourth-order valence-electron chi connectivity index (χ4n) is 4.62. The van der Waals surface area contributed by atoms with Gasteiger partial charge in [-0.3, -0.25) is 9.97 Å². The van der Waals surface area contributed by atoms with Crippen molar-refractivity contribution in [2.45, 2.75) is 17.5 Å². The first-order valence-corrected chi connectivity index (χ1v) is 12.3. The smallest absolute Gasteiger partial charge is 0.383 e. The minimum absolute atomic E-state index is 0.0629. The average Bonchev–Trinajstić information content (AvgIpc) is 3.18. The molecule has 0 bridgehead atoms. The molecule has 1 aliphatic heterocycles. The summed E-state index contributed by atoms with van der Waals surface area (Å²) in [4.78, 5) is 11.9. The number of alkyl halides is 3. The molecular weight excluding hydrogens is 527 g/mol. The highest BCUT2D eigenvalue weighted by Crippen LogP contribution is 2.48. The van der Waals surface area contributed by atoms with Crippen molar-refractivity contribution in [1.29, 1.82) is 0 Å². The van der Waals surface area contributed by atoms with Gasteiger partial charge in [-0.1, -0.05) is 18.2 Å². The van der Waals surface area contributed by atoms with E-state index < -0.39 is 40.1 Å². The van der Waals surface area contributed by atoms with Crippen LogP contribution in [-0.2, 0) is 28.5 Å². The van der Waals surface area contributed by atoms with Crippen molar-refractivity contribution < 1.29 is 30.7 Å². The quantitative estimate of drug-likeness (QED) is 0.267. The van der Waals surface area contributed by atoms with Crippen LogP contribution in [0.15, 0.2) is 78.2 Å². The molecule has 0 radical (unpaired) electrons. The lowest BCUT2D eigenvalue weighted by atomic mass is 9.76. The van der Waals surface area contributed by atoms with Crippen molar-refractivity contribution in [2.24, 2.45) is 10.7 Å². The van der Waals surface area contributed by atoms with Crippen LogP contribution in [0, 0.1) is 11.6 Å². The Morgan fingerprint density at radius 3 is 2.47 bits per heavy atom. The van der Waals surface area contributed by atoms with E-state index in [0.717, 1.165) is 24.4 Å². The summed E-state index contributed by atoms with van der Waals surface area (Å²) >= 11 is -2.13. The van der Waals surface area contributed by atoms with Crippen molar-refractivity contribution in [2.75, 3.05) is 0 Å². The Kier molecular flexibility index (Phi) is 6.32. The molecule has 6 nitrogen and oxygen atoms in total. The standard InChI is InChI=1S/C26H17F5N4O2S/c27-20-5-4-15(16-8-14(11-33-12-16)13-38(36)37)9-19(20)25(17-6-7-34-22(10-17)26(29,30)31)18-2-1-3-21(28)23(18)24(32)35-25/h1-12H,13H2,(H2,32,35)(H,36,37). The molecule has 0 amide bonds. The summed E-state index contributed by atoms with van der Waals surface area (Å²) < 4.78 is 91.8. The normalized spacial score (nSPS) is 17.7. The zero-order valence-electron chi connectivity index (χ0n) is 19.2. The number of nitrogens with two attached hydrogens (primary N) is 1. The van der Waals surface area contributed by atoms with Gasteiger partial charge in [-0.25, -0.2) is 18.0 Å². The molecule has 3 heterocycles. The first-order valence-electron chi connectivity index (χ1n) is 11.0. The Balaban J connectivity index is 1.80. The van der Waals surface area contributed by atoms with Crippen molar-refractivity contribution >= 4 is 16.9 Å². The summed E-state index contributed by atoms with van der Waals surface area (Å²) in [6.45, 7) is 0. The van der Waals surface area contributed by atoms with Crippen LogP contribution in [0.25, 0.3) is 11.1 Å². The van der Waals surface area contributed by atoms with Gasteiger partial charge >= 0.3 is 6.18 Å². The average molecular weight is 545 g/mol. The van der Waals surface area contributed by atoms with Gasteiger partial charge in [0.05, 0.1) is 11.3 Å². The van der Waals surface area contributed by atoms with E-state index in [1.54, 1.807) is 6.07 Å². The van der Waals surface area contributed by atoms with Crippen molar-refractivity contribution in [1.82, 2.24) is 9.97 Å². The van der Waals surface area contributed by atoms with Crippen LogP contribution in [0.5, 0.6) is 0 Å². The highest BCUT2D eigenvalue weighted by atomic mass is 32.2. The van der Waals surface area contributed by atoms with E-state index in [0.29, 0.717) is 16.7 Å². The van der Waals surface area contributed by atoms with E-state index in [-0.39, 0.29) is 33.8 Å². The Labute approximate surface area is 215 Å². The van der Waals surface area contributed by atoms with Crippen molar-refractivity contribution in [3.8, 4) is 11.1 Å². The summed E-state index contributed by atoms with van der Waals surface area (Å²) in [5.41, 5.74) is 3.76. The number of amidine groups is 1. The summed E-state index contributed by atoms with van der Waals surface area (Å²) in [6.07, 6.45) is -1.04. The summed E-state index contributed by atoms with van der Waals surface area (Å²) in [5, 5.41) is 0. The highest BCUT2D eigenvalue weighted by molar-refractivity contribution is 7.78. The van der Waals surface area contributed by atoms with Crippen LogP contribution in [0.3, 0.4) is 0 Å². The number of pyridine rings is 2. The van der Waals surface area contributed by atoms with Crippen LogP contribution in [0.2, 0.25) is 0 Å². The SMILES string of the molecule is NC1=NC(c2ccnc(C(F)(F)F)c2)(c2cc(-c3cncc(CS(=O)O)c3)ccc2F)c2cccc(F)c21. The molecule has 3 N–H and O–H groups in total. The Bertz CT molecular complexity index is 1630. The zero-order chi connectivity index (χ0) is 27.2. The van der Waals surface area contributed by atoms with Crippen LogP contribution in [0.1, 0.15) is 33.5 Å². The van der Waals surface area contributed by atoms with Crippen molar-refractivity contribution in [3.05, 3.63) is 118 Å². The first kappa shape index (κ1) is 25.6. The molecule has 2 atom stereocenters. The molecule has 1 aliphatic rings. The fraction of sp³-hybridized carbons (Fsp3) is 0.115. The van der Waals surface area contributed by atoms with E-state index in [9.17, 15) is 26.3 Å². The van der Waals surface area contributed by atoms with E-state index in [2.05, 4.69) is 15.0 Å². The molecule has 194 valence electrons. The van der Waals surface area contributed by atoms with Crippen molar-refractivity contribution in [3.63, 3.8) is 0 Å². The second-order valence-electron chi connectivity index (χ2n) is 8.54. The van der Waals surface area contributed by atoms with E-state index in [1.807, 2.05) is 0 Å². The van der Waals surface area contributed by atoms with Gasteiger partial charge in [0.1, 0.15) is 28.7 Å². The van der Waals surface area contributed by atoms with Gasteiger partial charge in [0.25, 0.3) is 0 Å². The maximum Gasteiger partial charge on any atom is 0.433 e. The summed E-state index contributed by atoms with van der Waals surface area (Å²) in [6, 6.07) is 11.4. The fourth-order valence-corrected chi connectivity index (χ4v) is 5.07. The van der Waals surface area contributed by atoms with Crippen LogP contribution in [-0.4, -0.2) is 24.6 Å². The molecule has 0 fully saturated rings. The molecular formula is C26H17F5N4O2S. The van der Waals surface area contributed by atoms with Crippen LogP contribution >= 0.6 is 0 Å². The third-order valence-electron chi connectivity index (χ3n) is 6.19. The molecule has 4 aromatic rings. The number of rotatable bonds is 5. The van der Waals surface area contributed by atoms with Gasteiger partial charge in [0.15, 0.2) is 11.1 Å². The van der Waals surface area contributed by atoms with E-state index in [4.69, 9.17) is 5.73 Å². The van der Waals surface area contributed by atoms with Gasteiger partial charge < -0.3 is 10.3 Å². The van der Waals surface area contributed by atoms with Crippen LogP contribution < -0.4 is 5.73 Å². The number of hydrogen-bond donors (Lipinski definition) is 2. The molecule has 0 aliphatic carbocycles. The second kappa shape index (κ2) is 9.37. The zero-order valence-corrected chi connectivity index (χ0v) is 20.0. The third-order valence-corrected chi connectivity index (χ3v) is 6.77. The number of hydrogen-bond acceptors (Lipinski definition) is 5. The molecule has 2 unspecified atom stereocenters. The van der Waals surface area contributed by atoms with Crippen LogP contribution in [0.4, 0.5) is 22.0 Å².